The Kier molecular flexibility index (Phi) is 6.55. The molecule has 3 rings (SSSR count). The molecular formula is C22H21N3O4. The summed E-state index contributed by atoms with van der Waals surface area (Å²) in [4.78, 5) is 33.2. The number of hydrogen-bond donors (Lipinski definition) is 2. The molecule has 2 N–H and O–H groups in total. The highest BCUT2D eigenvalue weighted by Crippen LogP contribution is 2.24. The van der Waals surface area contributed by atoms with Gasteiger partial charge >= 0.3 is 0 Å². The predicted octanol–water partition coefficient (Wildman–Crippen LogP) is 3.44. The van der Waals surface area contributed by atoms with Crippen LogP contribution in [-0.4, -0.2) is 27.5 Å². The monoisotopic (exact) mass is 391 g/mol. The second-order valence-corrected chi connectivity index (χ2v) is 6.49. The molecule has 0 radical (unpaired) electrons. The lowest BCUT2D eigenvalue weighted by Crippen LogP contribution is -2.21. The van der Waals surface area contributed by atoms with E-state index < -0.39 is 0 Å². The second kappa shape index (κ2) is 9.48. The second-order valence-electron chi connectivity index (χ2n) is 6.49. The highest BCUT2D eigenvalue weighted by atomic mass is 16.7. The van der Waals surface area contributed by atoms with Gasteiger partial charge in [-0.05, 0) is 53.9 Å². The van der Waals surface area contributed by atoms with Crippen molar-refractivity contribution in [3.05, 3.63) is 89.2 Å². The molecule has 0 aliphatic rings. The van der Waals surface area contributed by atoms with E-state index in [2.05, 4.69) is 10.3 Å². The number of hydrogen-bond acceptors (Lipinski definition) is 5. The molecule has 0 saturated carbocycles. The van der Waals surface area contributed by atoms with E-state index in [0.717, 1.165) is 16.7 Å². The van der Waals surface area contributed by atoms with Gasteiger partial charge in [-0.3, -0.25) is 19.4 Å². The van der Waals surface area contributed by atoms with E-state index in [1.54, 1.807) is 54.9 Å². The van der Waals surface area contributed by atoms with Crippen LogP contribution in [0.1, 0.15) is 27.0 Å². The van der Waals surface area contributed by atoms with Crippen molar-refractivity contribution in [2.45, 2.75) is 20.1 Å². The molecule has 148 valence electrons. The fourth-order valence-electron chi connectivity index (χ4n) is 2.64. The molecule has 0 unspecified atom stereocenters. The Labute approximate surface area is 168 Å². The molecule has 0 aliphatic heterocycles. The zero-order chi connectivity index (χ0) is 20.6. The minimum atomic E-state index is -0.336. The number of aryl methyl sites for hydroxylation is 1. The van der Waals surface area contributed by atoms with Crippen molar-refractivity contribution in [2.75, 3.05) is 5.32 Å². The summed E-state index contributed by atoms with van der Waals surface area (Å²) in [6, 6.07) is 15.4. The third kappa shape index (κ3) is 5.63. The molecule has 0 fully saturated rings. The molecule has 0 aliphatic carbocycles. The summed E-state index contributed by atoms with van der Waals surface area (Å²) in [5, 5.41) is 13.7. The van der Waals surface area contributed by atoms with Gasteiger partial charge in [-0.15, -0.1) is 0 Å². The number of aromatic nitrogens is 1. The molecule has 7 heteroatoms. The number of phenols is 1. The molecule has 3 aromatic rings. The summed E-state index contributed by atoms with van der Waals surface area (Å²) in [7, 11) is 0. The molecule has 0 saturated heterocycles. The van der Waals surface area contributed by atoms with Crippen LogP contribution in [0.25, 0.3) is 0 Å². The average Bonchev–Trinajstić information content (AvgIpc) is 2.75. The number of carbonyl (C=O) groups is 2. The van der Waals surface area contributed by atoms with Gasteiger partial charge in [0.15, 0.2) is 0 Å². The number of carbonyl (C=O) groups excluding carboxylic acids is 2. The SMILES string of the molecule is Cc1ccc(O)c(NC(=O)c2ccc(CN(C=O)OCc3cccnc3)cc2)c1. The standard InChI is InChI=1S/C22H21N3O4/c1-16-4-9-21(27)20(11-16)24-22(28)19-7-5-17(6-8-19)13-25(15-26)29-14-18-3-2-10-23-12-18/h2-12,15,27H,13-14H2,1H3,(H,24,28). The number of aromatic hydroxyl groups is 1. The summed E-state index contributed by atoms with van der Waals surface area (Å²) < 4.78 is 0. The first-order valence-electron chi connectivity index (χ1n) is 8.99. The Morgan fingerprint density at radius 2 is 1.97 bits per heavy atom. The molecule has 2 aromatic carbocycles. The lowest BCUT2D eigenvalue weighted by Gasteiger charge is -2.17. The van der Waals surface area contributed by atoms with Crippen LogP contribution in [0, 0.1) is 6.92 Å². The number of pyridine rings is 1. The van der Waals surface area contributed by atoms with Crippen LogP contribution >= 0.6 is 0 Å². The van der Waals surface area contributed by atoms with E-state index in [1.807, 2.05) is 13.0 Å². The van der Waals surface area contributed by atoms with Crippen LogP contribution in [-0.2, 0) is 22.8 Å². The molecule has 1 aromatic heterocycles. The van der Waals surface area contributed by atoms with Crippen LogP contribution in [0.4, 0.5) is 5.69 Å². The lowest BCUT2D eigenvalue weighted by atomic mass is 10.1. The van der Waals surface area contributed by atoms with Gasteiger partial charge in [0.1, 0.15) is 12.4 Å². The Morgan fingerprint density at radius 1 is 1.17 bits per heavy atom. The molecule has 0 atom stereocenters. The molecule has 0 bridgehead atoms. The first-order chi connectivity index (χ1) is 14.0. The quantitative estimate of drug-likeness (QED) is 0.349. The van der Waals surface area contributed by atoms with Gasteiger partial charge in [-0.2, -0.15) is 0 Å². The maximum Gasteiger partial charge on any atom is 0.255 e. The number of anilines is 1. The summed E-state index contributed by atoms with van der Waals surface area (Å²) in [5.41, 5.74) is 3.37. The van der Waals surface area contributed by atoms with Gasteiger partial charge in [0.25, 0.3) is 5.91 Å². The van der Waals surface area contributed by atoms with Crippen LogP contribution in [0.15, 0.2) is 67.0 Å². The van der Waals surface area contributed by atoms with Crippen molar-refractivity contribution in [3.8, 4) is 5.75 Å². The van der Waals surface area contributed by atoms with Crippen molar-refractivity contribution in [1.29, 1.82) is 0 Å². The number of nitrogens with zero attached hydrogens (tertiary/aromatic N) is 2. The highest BCUT2D eigenvalue weighted by molar-refractivity contribution is 6.05. The molecule has 7 nitrogen and oxygen atoms in total. The summed E-state index contributed by atoms with van der Waals surface area (Å²) in [6.07, 6.45) is 3.94. The van der Waals surface area contributed by atoms with Gasteiger partial charge in [0.05, 0.1) is 12.2 Å². The van der Waals surface area contributed by atoms with Gasteiger partial charge < -0.3 is 10.4 Å². The summed E-state index contributed by atoms with van der Waals surface area (Å²) in [5.74, 6) is -0.328. The number of phenolic OH excluding ortho intramolecular Hbond substituents is 1. The van der Waals surface area contributed by atoms with Crippen molar-refractivity contribution in [3.63, 3.8) is 0 Å². The van der Waals surface area contributed by atoms with E-state index in [1.165, 1.54) is 11.1 Å². The topological polar surface area (TPSA) is 91.8 Å². The van der Waals surface area contributed by atoms with E-state index in [-0.39, 0.29) is 24.8 Å². The molecular weight excluding hydrogens is 370 g/mol. The highest BCUT2D eigenvalue weighted by Gasteiger charge is 2.10. The minimum Gasteiger partial charge on any atom is -0.506 e. The first kappa shape index (κ1) is 20.0. The minimum absolute atomic E-state index is 0.00737. The number of rotatable bonds is 8. The predicted molar refractivity (Wildman–Crippen MR) is 108 cm³/mol. The van der Waals surface area contributed by atoms with Crippen LogP contribution < -0.4 is 5.32 Å². The number of benzene rings is 2. The molecule has 2 amide bonds. The third-order valence-electron chi connectivity index (χ3n) is 4.19. The van der Waals surface area contributed by atoms with E-state index >= 15 is 0 Å². The van der Waals surface area contributed by atoms with Gasteiger partial charge in [0, 0.05) is 18.0 Å². The Bertz CT molecular complexity index is 975. The smallest absolute Gasteiger partial charge is 0.255 e. The zero-order valence-corrected chi connectivity index (χ0v) is 15.9. The Balaban J connectivity index is 1.59. The maximum atomic E-state index is 12.4. The van der Waals surface area contributed by atoms with Gasteiger partial charge in [-0.25, -0.2) is 5.06 Å². The van der Waals surface area contributed by atoms with Gasteiger partial charge in [0.2, 0.25) is 6.41 Å². The first-order valence-corrected chi connectivity index (χ1v) is 8.99. The lowest BCUT2D eigenvalue weighted by molar-refractivity contribution is -0.181. The Hall–Kier alpha value is -3.71. The fraction of sp³-hybridized carbons (Fsp3) is 0.136. The van der Waals surface area contributed by atoms with Crippen molar-refractivity contribution >= 4 is 18.0 Å². The molecule has 1 heterocycles. The molecule has 0 spiro atoms. The number of amides is 2. The third-order valence-corrected chi connectivity index (χ3v) is 4.19. The van der Waals surface area contributed by atoms with E-state index in [0.29, 0.717) is 17.7 Å². The number of nitrogens with one attached hydrogen (secondary N) is 1. The van der Waals surface area contributed by atoms with Crippen LogP contribution in [0.5, 0.6) is 5.75 Å². The summed E-state index contributed by atoms with van der Waals surface area (Å²) in [6.45, 7) is 2.34. The largest absolute Gasteiger partial charge is 0.506 e. The summed E-state index contributed by atoms with van der Waals surface area (Å²) >= 11 is 0. The van der Waals surface area contributed by atoms with Gasteiger partial charge in [-0.1, -0.05) is 24.3 Å². The number of hydroxylamine groups is 2. The maximum absolute atomic E-state index is 12.4. The molecule has 29 heavy (non-hydrogen) atoms. The Morgan fingerprint density at radius 3 is 2.66 bits per heavy atom. The van der Waals surface area contributed by atoms with Crippen molar-refractivity contribution in [1.82, 2.24) is 10.0 Å². The van der Waals surface area contributed by atoms with Crippen LogP contribution in [0.3, 0.4) is 0 Å². The normalized spacial score (nSPS) is 10.4. The zero-order valence-electron chi connectivity index (χ0n) is 15.9. The van der Waals surface area contributed by atoms with Crippen molar-refractivity contribution in [2.24, 2.45) is 0 Å². The fourth-order valence-corrected chi connectivity index (χ4v) is 2.64. The van der Waals surface area contributed by atoms with E-state index in [4.69, 9.17) is 4.84 Å². The van der Waals surface area contributed by atoms with Crippen molar-refractivity contribution < 1.29 is 19.5 Å². The van der Waals surface area contributed by atoms with E-state index in [9.17, 15) is 14.7 Å². The average molecular weight is 391 g/mol. The van der Waals surface area contributed by atoms with Crippen LogP contribution in [0.2, 0.25) is 0 Å².